The van der Waals surface area contributed by atoms with E-state index in [0.29, 0.717) is 33.7 Å². The van der Waals surface area contributed by atoms with Crippen LogP contribution in [0.2, 0.25) is 0 Å². The fourth-order valence-electron chi connectivity index (χ4n) is 4.80. The third kappa shape index (κ3) is 10.1. The van der Waals surface area contributed by atoms with E-state index in [1.807, 2.05) is 66.0 Å². The van der Waals surface area contributed by atoms with Crippen LogP contribution in [0, 0.1) is 0 Å². The van der Waals surface area contributed by atoms with Crippen LogP contribution in [0.4, 0.5) is 21.3 Å². The number of urea groups is 1. The van der Waals surface area contributed by atoms with Crippen molar-refractivity contribution in [1.29, 1.82) is 0 Å². The lowest BCUT2D eigenvalue weighted by molar-refractivity contribution is -0.119. The first kappa shape index (κ1) is 36.0. The molecular formula is C32H35N11O4S3. The van der Waals surface area contributed by atoms with Gasteiger partial charge in [-0.2, -0.15) is 20.2 Å². The third-order valence-corrected chi connectivity index (χ3v) is 9.35. The van der Waals surface area contributed by atoms with Crippen LogP contribution in [0.3, 0.4) is 0 Å². The third-order valence-electron chi connectivity index (χ3n) is 7.06. The molecule has 0 aliphatic carbocycles. The van der Waals surface area contributed by atoms with Crippen LogP contribution in [0.5, 0.6) is 0 Å². The fraction of sp³-hybridized carbons (Fsp3) is 0.188. The van der Waals surface area contributed by atoms with Crippen molar-refractivity contribution in [1.82, 2.24) is 10.3 Å². The zero-order chi connectivity index (χ0) is 35.7. The molecule has 1 atom stereocenters. The average Bonchev–Trinajstić information content (AvgIpc) is 3.49. The molecular weight excluding hydrogens is 699 g/mol. The number of aromatic nitrogens is 1. The van der Waals surface area contributed by atoms with Crippen molar-refractivity contribution >= 4 is 79.3 Å². The summed E-state index contributed by atoms with van der Waals surface area (Å²) in [6, 6.07) is 23.5. The SMILES string of the molecule is CN1C(=O)[C@H](NC(=O)Nc2cccc(CN=C(N)Nc3nc(CSCC/C(N)=N\S(N)(=O)=O)cs3)c2)N=C(c2ccccc2)c2ccccc21. The van der Waals surface area contributed by atoms with Crippen molar-refractivity contribution in [2.45, 2.75) is 24.9 Å². The van der Waals surface area contributed by atoms with Crippen molar-refractivity contribution in [3.63, 3.8) is 0 Å². The van der Waals surface area contributed by atoms with E-state index in [0.717, 1.165) is 22.4 Å². The number of amidine groups is 1. The molecule has 3 aromatic carbocycles. The van der Waals surface area contributed by atoms with Gasteiger partial charge in [-0.3, -0.25) is 4.79 Å². The maximum absolute atomic E-state index is 13.4. The molecule has 0 saturated heterocycles. The van der Waals surface area contributed by atoms with Gasteiger partial charge in [-0.15, -0.1) is 15.7 Å². The van der Waals surface area contributed by atoms with Crippen LogP contribution in [-0.2, 0) is 27.3 Å². The Balaban J connectivity index is 1.16. The summed E-state index contributed by atoms with van der Waals surface area (Å²) in [5, 5.41) is 15.8. The highest BCUT2D eigenvalue weighted by Crippen LogP contribution is 2.27. The summed E-state index contributed by atoms with van der Waals surface area (Å²) in [5.41, 5.74) is 16.6. The fourth-order valence-corrected chi connectivity index (χ4v) is 6.90. The van der Waals surface area contributed by atoms with Gasteiger partial charge in [0.05, 0.1) is 23.6 Å². The van der Waals surface area contributed by atoms with Gasteiger partial charge in [0.15, 0.2) is 11.1 Å². The van der Waals surface area contributed by atoms with Crippen LogP contribution in [0.25, 0.3) is 0 Å². The minimum Gasteiger partial charge on any atom is -0.386 e. The van der Waals surface area contributed by atoms with E-state index < -0.39 is 22.4 Å². The first-order chi connectivity index (χ1) is 23.9. The molecule has 0 fully saturated rings. The van der Waals surface area contributed by atoms with Crippen molar-refractivity contribution in [3.8, 4) is 0 Å². The highest BCUT2D eigenvalue weighted by Gasteiger charge is 2.31. The summed E-state index contributed by atoms with van der Waals surface area (Å²) in [4.78, 5) is 41.7. The summed E-state index contributed by atoms with van der Waals surface area (Å²) in [7, 11) is -2.34. The summed E-state index contributed by atoms with van der Waals surface area (Å²) < 4.78 is 25.2. The Morgan fingerprint density at radius 3 is 2.58 bits per heavy atom. The number of carbonyl (C=O) groups excluding carboxylic acids is 2. The van der Waals surface area contributed by atoms with Gasteiger partial charge < -0.3 is 32.3 Å². The number of hydrogen-bond donors (Lipinski definition) is 6. The van der Waals surface area contributed by atoms with Gasteiger partial charge in [0, 0.05) is 47.2 Å². The first-order valence-corrected chi connectivity index (χ1v) is 18.6. The Hall–Kier alpha value is -5.30. The number of benzene rings is 3. The number of benzodiazepines with no additional fused rings is 1. The van der Waals surface area contributed by atoms with Crippen molar-refractivity contribution in [2.75, 3.05) is 28.3 Å². The predicted molar refractivity (Wildman–Crippen MR) is 201 cm³/mol. The van der Waals surface area contributed by atoms with Gasteiger partial charge in [-0.25, -0.2) is 24.9 Å². The molecule has 260 valence electrons. The molecule has 9 N–H and O–H groups in total. The molecule has 0 saturated carbocycles. The molecule has 0 unspecified atom stereocenters. The van der Waals surface area contributed by atoms with Gasteiger partial charge in [0.1, 0.15) is 5.84 Å². The molecule has 50 heavy (non-hydrogen) atoms. The Kier molecular flexibility index (Phi) is 11.8. The van der Waals surface area contributed by atoms with Gasteiger partial charge in [-0.1, -0.05) is 60.7 Å². The number of amides is 3. The number of fused-ring (bicyclic) bond motifs is 1. The van der Waals surface area contributed by atoms with Crippen LogP contribution in [0.15, 0.2) is 98.6 Å². The number of nitrogens with two attached hydrogens (primary N) is 3. The summed E-state index contributed by atoms with van der Waals surface area (Å²) in [6.07, 6.45) is -0.893. The van der Waals surface area contributed by atoms with E-state index in [1.165, 1.54) is 28.0 Å². The number of anilines is 3. The van der Waals surface area contributed by atoms with Crippen molar-refractivity contribution in [3.05, 3.63) is 107 Å². The standard InChI is InChI=1S/C32H35N11O4S3/c1-43-25-13-6-5-12-24(25)27(21-9-3-2-4-10-21)39-28(29(43)44)40-31(45)37-22-11-7-8-20(16-22)17-36-30(34)41-32-38-23(19-49-32)18-48-15-14-26(33)42-50(35,46)47/h2-13,16,19,28H,14-15,17-18H2,1H3,(H2,33,42)(H2,35,46,47)(H2,37,40,45)(H3,34,36,38,41)/t28-/m0/s1. The Labute approximate surface area is 297 Å². The van der Waals surface area contributed by atoms with Gasteiger partial charge in [0.25, 0.3) is 5.91 Å². The number of nitrogens with one attached hydrogen (secondary N) is 3. The highest BCUT2D eigenvalue weighted by atomic mass is 32.2. The number of nitrogens with zero attached hydrogens (tertiary/aromatic N) is 5. The van der Waals surface area contributed by atoms with E-state index in [-0.39, 0.29) is 30.7 Å². The van der Waals surface area contributed by atoms with E-state index in [9.17, 15) is 18.0 Å². The molecule has 0 bridgehead atoms. The maximum atomic E-state index is 13.4. The number of hydrogen-bond acceptors (Lipinski definition) is 9. The van der Waals surface area contributed by atoms with Gasteiger partial charge in [-0.05, 0) is 23.8 Å². The molecule has 3 amide bonds. The molecule has 0 spiro atoms. The second-order valence-corrected chi connectivity index (χ2v) is 14.0. The molecule has 0 radical (unpaired) electrons. The molecule has 1 aromatic heterocycles. The van der Waals surface area contributed by atoms with Gasteiger partial charge in [0.2, 0.25) is 6.17 Å². The van der Waals surface area contributed by atoms with Crippen LogP contribution in [-0.4, -0.2) is 61.8 Å². The lowest BCUT2D eigenvalue weighted by Gasteiger charge is -2.21. The number of guanidine groups is 1. The minimum absolute atomic E-state index is 0.0486. The number of thiazole rings is 1. The second kappa shape index (κ2) is 16.4. The van der Waals surface area contributed by atoms with Crippen LogP contribution >= 0.6 is 23.1 Å². The Bertz CT molecular complexity index is 2050. The predicted octanol–water partition coefficient (Wildman–Crippen LogP) is 3.22. The maximum Gasteiger partial charge on any atom is 0.321 e. The summed E-state index contributed by atoms with van der Waals surface area (Å²) >= 11 is 2.87. The molecule has 15 nitrogen and oxygen atoms in total. The van der Waals surface area contributed by atoms with E-state index in [1.54, 1.807) is 25.2 Å². The first-order valence-electron chi connectivity index (χ1n) is 15.1. The molecule has 4 aromatic rings. The topological polar surface area (TPSA) is 236 Å². The molecule has 2 heterocycles. The zero-order valence-corrected chi connectivity index (χ0v) is 29.3. The van der Waals surface area contributed by atoms with Crippen molar-refractivity contribution < 1.29 is 18.0 Å². The van der Waals surface area contributed by atoms with E-state index in [2.05, 4.69) is 30.3 Å². The summed E-state index contributed by atoms with van der Waals surface area (Å²) in [5.74, 6) is 0.843. The number of likely N-dealkylation sites (N-methyl/N-ethyl adjacent to an activating group) is 1. The van der Waals surface area contributed by atoms with Crippen LogP contribution < -0.4 is 37.5 Å². The number of carbonyl (C=O) groups is 2. The molecule has 18 heteroatoms. The average molecular weight is 734 g/mol. The zero-order valence-electron chi connectivity index (χ0n) is 26.8. The number of para-hydroxylation sites is 1. The normalized spacial score (nSPS) is 15.2. The monoisotopic (exact) mass is 733 g/mol. The molecule has 1 aliphatic rings. The summed E-state index contributed by atoms with van der Waals surface area (Å²) in [6.45, 7) is 0.223. The van der Waals surface area contributed by atoms with Crippen LogP contribution in [0.1, 0.15) is 28.8 Å². The number of thioether (sulfide) groups is 1. The quantitative estimate of drug-likeness (QED) is 0.0711. The number of aliphatic imine (C=N–C) groups is 2. The highest BCUT2D eigenvalue weighted by molar-refractivity contribution is 7.98. The van der Waals surface area contributed by atoms with E-state index >= 15 is 0 Å². The molecule has 1 aliphatic heterocycles. The Morgan fingerprint density at radius 2 is 1.80 bits per heavy atom. The van der Waals surface area contributed by atoms with Crippen molar-refractivity contribution in [2.24, 2.45) is 31.0 Å². The van der Waals surface area contributed by atoms with Gasteiger partial charge >= 0.3 is 16.2 Å². The lowest BCUT2D eigenvalue weighted by atomic mass is 10.0. The minimum atomic E-state index is -4.00. The molecule has 5 rings (SSSR count). The Morgan fingerprint density at radius 1 is 1.04 bits per heavy atom. The second-order valence-electron chi connectivity index (χ2n) is 10.8. The largest absolute Gasteiger partial charge is 0.386 e. The smallest absolute Gasteiger partial charge is 0.321 e. The van der Waals surface area contributed by atoms with E-state index in [4.69, 9.17) is 21.6 Å². The lowest BCUT2D eigenvalue weighted by Crippen LogP contribution is -2.47. The number of rotatable bonds is 12.